The number of hydrogen-bond donors (Lipinski definition) is 1. The molecule has 5 heteroatoms. The first-order valence-corrected chi connectivity index (χ1v) is 12.7. The molecule has 4 aliphatic rings. The molecule has 5 nitrogen and oxygen atoms in total. The van der Waals surface area contributed by atoms with Gasteiger partial charge in [-0.2, -0.15) is 0 Å². The smallest absolute Gasteiger partial charge is 0.407 e. The number of hydrogen-bond acceptors (Lipinski definition) is 3. The Balaban J connectivity index is 1.54. The number of fused-ring (bicyclic) bond motifs is 5. The molecule has 0 radical (unpaired) electrons. The Morgan fingerprint density at radius 3 is 2.48 bits per heavy atom. The van der Waals surface area contributed by atoms with Crippen LogP contribution in [0.5, 0.6) is 0 Å². The first-order chi connectivity index (χ1) is 14.5. The second kappa shape index (κ2) is 7.95. The van der Waals surface area contributed by atoms with Crippen molar-refractivity contribution in [3.63, 3.8) is 0 Å². The normalized spacial score (nSPS) is 45.5. The minimum atomic E-state index is -0.279. The standard InChI is InChI=1S/C26H44N2O3/c1-15(2)27-24(30)31-17(4)23-16(3)14-20-18-8-9-21-25(5,13-11-22(29)28(21)7)19(18)10-12-26(20,23)6/h15-21,23H,8-14H2,1-7H3,(H,27,30)/t16-,17+,18+,19-,20-,21+,23+,25+,26-/m0/s1. The van der Waals surface area contributed by atoms with E-state index in [2.05, 4.69) is 37.9 Å². The Labute approximate surface area is 189 Å². The van der Waals surface area contributed by atoms with Gasteiger partial charge in [-0.15, -0.1) is 0 Å². The highest BCUT2D eigenvalue weighted by atomic mass is 16.6. The van der Waals surface area contributed by atoms with E-state index in [1.54, 1.807) is 0 Å². The molecule has 1 aliphatic heterocycles. The van der Waals surface area contributed by atoms with Crippen LogP contribution in [0.15, 0.2) is 0 Å². The number of carbonyl (C=O) groups excluding carboxylic acids is 2. The van der Waals surface area contributed by atoms with E-state index in [1.165, 1.54) is 25.7 Å². The summed E-state index contributed by atoms with van der Waals surface area (Å²) in [6.45, 7) is 13.4. The second-order valence-electron chi connectivity index (χ2n) is 12.2. The van der Waals surface area contributed by atoms with E-state index >= 15 is 0 Å². The van der Waals surface area contributed by atoms with E-state index in [0.717, 1.165) is 18.8 Å². The molecule has 3 aliphatic carbocycles. The van der Waals surface area contributed by atoms with E-state index in [1.807, 2.05) is 20.9 Å². The summed E-state index contributed by atoms with van der Waals surface area (Å²) in [4.78, 5) is 26.8. The summed E-state index contributed by atoms with van der Waals surface area (Å²) in [5, 5.41) is 2.89. The molecule has 0 spiro atoms. The molecular formula is C26H44N2O3. The molecular weight excluding hydrogens is 388 g/mol. The predicted octanol–water partition coefficient (Wildman–Crippen LogP) is 5.24. The van der Waals surface area contributed by atoms with Crippen LogP contribution in [0.1, 0.15) is 86.5 Å². The zero-order valence-corrected chi connectivity index (χ0v) is 20.7. The lowest BCUT2D eigenvalue weighted by molar-refractivity contribution is -0.159. The Morgan fingerprint density at radius 2 is 1.81 bits per heavy atom. The van der Waals surface area contributed by atoms with Crippen molar-refractivity contribution in [3.8, 4) is 0 Å². The van der Waals surface area contributed by atoms with Crippen LogP contribution in [-0.2, 0) is 9.53 Å². The first kappa shape index (κ1) is 22.9. The molecule has 0 aromatic rings. The van der Waals surface area contributed by atoms with Crippen molar-refractivity contribution < 1.29 is 14.3 Å². The van der Waals surface area contributed by atoms with Gasteiger partial charge in [-0.05, 0) is 93.8 Å². The maximum Gasteiger partial charge on any atom is 0.407 e. The predicted molar refractivity (Wildman–Crippen MR) is 122 cm³/mol. The van der Waals surface area contributed by atoms with Gasteiger partial charge in [-0.25, -0.2) is 4.79 Å². The van der Waals surface area contributed by atoms with Crippen LogP contribution in [-0.4, -0.2) is 42.1 Å². The number of rotatable bonds is 3. The van der Waals surface area contributed by atoms with Gasteiger partial charge in [0.2, 0.25) is 5.91 Å². The molecule has 1 heterocycles. The summed E-state index contributed by atoms with van der Waals surface area (Å²) in [6, 6.07) is 0.506. The highest BCUT2D eigenvalue weighted by Crippen LogP contribution is 2.67. The van der Waals surface area contributed by atoms with Gasteiger partial charge in [0.25, 0.3) is 0 Å². The number of amides is 2. The Bertz CT molecular complexity index is 723. The molecule has 1 saturated heterocycles. The van der Waals surface area contributed by atoms with E-state index < -0.39 is 0 Å². The van der Waals surface area contributed by atoms with Crippen molar-refractivity contribution in [3.05, 3.63) is 0 Å². The van der Waals surface area contributed by atoms with E-state index in [9.17, 15) is 9.59 Å². The zero-order valence-electron chi connectivity index (χ0n) is 20.7. The summed E-state index contributed by atoms with van der Waals surface area (Å²) >= 11 is 0. The SMILES string of the molecule is CC(C)NC(=O)O[C@H](C)[C@H]1[C@@H](C)C[C@H]2[C@@H]3CC[C@H]4N(C)C(=O)CC[C@]4(C)[C@H]3CC[C@]12C. The molecule has 1 N–H and O–H groups in total. The van der Waals surface area contributed by atoms with Crippen LogP contribution in [0.3, 0.4) is 0 Å². The quantitative estimate of drug-likeness (QED) is 0.664. The highest BCUT2D eigenvalue weighted by molar-refractivity contribution is 5.77. The number of piperidine rings is 1. The molecule has 9 atom stereocenters. The average Bonchev–Trinajstić information content (AvgIpc) is 2.94. The number of likely N-dealkylation sites (tertiary alicyclic amines) is 1. The lowest BCUT2D eigenvalue weighted by Gasteiger charge is -2.62. The van der Waals surface area contributed by atoms with Crippen LogP contribution in [0, 0.1) is 40.4 Å². The monoisotopic (exact) mass is 432 g/mol. The number of ether oxygens (including phenoxy) is 1. The Hall–Kier alpha value is -1.26. The van der Waals surface area contributed by atoms with Gasteiger partial charge in [-0.3, -0.25) is 4.79 Å². The van der Waals surface area contributed by atoms with E-state index in [-0.39, 0.29) is 29.1 Å². The largest absolute Gasteiger partial charge is 0.446 e. The second-order valence-corrected chi connectivity index (χ2v) is 12.2. The fraction of sp³-hybridized carbons (Fsp3) is 0.923. The van der Waals surface area contributed by atoms with Crippen molar-refractivity contribution in [2.24, 2.45) is 40.4 Å². The third-order valence-corrected chi connectivity index (χ3v) is 10.2. The molecule has 0 aromatic heterocycles. The molecule has 31 heavy (non-hydrogen) atoms. The van der Waals surface area contributed by atoms with Crippen molar-refractivity contribution in [1.29, 1.82) is 0 Å². The average molecular weight is 433 g/mol. The lowest BCUT2D eigenvalue weighted by Crippen LogP contribution is -2.61. The summed E-state index contributed by atoms with van der Waals surface area (Å²) in [5.41, 5.74) is 0.491. The number of carbonyl (C=O) groups is 2. The molecule has 2 amide bonds. The van der Waals surface area contributed by atoms with Crippen molar-refractivity contribution in [1.82, 2.24) is 10.2 Å². The fourth-order valence-corrected chi connectivity index (χ4v) is 9.06. The molecule has 176 valence electrons. The zero-order chi connectivity index (χ0) is 22.7. The third kappa shape index (κ3) is 3.58. The van der Waals surface area contributed by atoms with Gasteiger partial charge < -0.3 is 15.0 Å². The van der Waals surface area contributed by atoms with Crippen LogP contribution < -0.4 is 5.32 Å². The number of nitrogens with zero attached hydrogens (tertiary/aromatic N) is 1. The van der Waals surface area contributed by atoms with Crippen LogP contribution in [0.25, 0.3) is 0 Å². The van der Waals surface area contributed by atoms with Gasteiger partial charge in [-0.1, -0.05) is 20.8 Å². The summed E-state index contributed by atoms with van der Waals surface area (Å²) in [5.74, 6) is 3.47. The van der Waals surface area contributed by atoms with E-state index in [4.69, 9.17) is 4.74 Å². The first-order valence-electron chi connectivity index (χ1n) is 12.7. The van der Waals surface area contributed by atoms with Gasteiger partial charge in [0.05, 0.1) is 0 Å². The van der Waals surface area contributed by atoms with Gasteiger partial charge in [0, 0.05) is 31.5 Å². The molecule has 0 unspecified atom stereocenters. The molecule has 0 bridgehead atoms. The maximum absolute atomic E-state index is 12.4. The van der Waals surface area contributed by atoms with Crippen molar-refractivity contribution in [2.45, 2.75) is 105 Å². The van der Waals surface area contributed by atoms with E-state index in [0.29, 0.717) is 42.0 Å². The number of nitrogens with one attached hydrogen (secondary N) is 1. The molecule has 0 aromatic carbocycles. The Morgan fingerprint density at radius 1 is 1.10 bits per heavy atom. The van der Waals surface area contributed by atoms with Crippen LogP contribution in [0.4, 0.5) is 4.79 Å². The molecule has 4 fully saturated rings. The summed E-state index contributed by atoms with van der Waals surface area (Å²) in [7, 11) is 2.03. The molecule has 4 rings (SSSR count). The van der Waals surface area contributed by atoms with Crippen LogP contribution in [0.2, 0.25) is 0 Å². The lowest BCUT2D eigenvalue weighted by atomic mass is 9.46. The summed E-state index contributed by atoms with van der Waals surface area (Å²) in [6.07, 6.45) is 7.53. The summed E-state index contributed by atoms with van der Waals surface area (Å²) < 4.78 is 5.90. The Kier molecular flexibility index (Phi) is 5.88. The van der Waals surface area contributed by atoms with Gasteiger partial charge >= 0.3 is 6.09 Å². The topological polar surface area (TPSA) is 58.6 Å². The van der Waals surface area contributed by atoms with Crippen molar-refractivity contribution >= 4 is 12.0 Å². The minimum Gasteiger partial charge on any atom is -0.446 e. The minimum absolute atomic E-state index is 0.0642. The third-order valence-electron chi connectivity index (χ3n) is 10.2. The highest BCUT2D eigenvalue weighted by Gasteiger charge is 2.63. The number of alkyl carbamates (subject to hydrolysis) is 1. The van der Waals surface area contributed by atoms with Crippen molar-refractivity contribution in [2.75, 3.05) is 7.05 Å². The molecule has 3 saturated carbocycles. The van der Waals surface area contributed by atoms with Gasteiger partial charge in [0.1, 0.15) is 6.10 Å². The van der Waals surface area contributed by atoms with Gasteiger partial charge in [0.15, 0.2) is 0 Å². The fourth-order valence-electron chi connectivity index (χ4n) is 9.06. The maximum atomic E-state index is 12.4. The van der Waals surface area contributed by atoms with Crippen LogP contribution >= 0.6 is 0 Å².